The summed E-state index contributed by atoms with van der Waals surface area (Å²) < 4.78 is 28.3. The fraction of sp³-hybridized carbons (Fsp3) is 0.500. The highest BCUT2D eigenvalue weighted by Gasteiger charge is 2.26. The van der Waals surface area contributed by atoms with Gasteiger partial charge in [-0.25, -0.2) is 13.1 Å². The van der Waals surface area contributed by atoms with Crippen LogP contribution in [0.5, 0.6) is 0 Å². The molecule has 1 aromatic heterocycles. The molecule has 1 N–H and O–H groups in total. The molecule has 124 valence electrons. The monoisotopic (exact) mass is 338 g/mol. The largest absolute Gasteiger partial charge is 0.481 e. The van der Waals surface area contributed by atoms with Crippen LogP contribution in [-0.2, 0) is 21.4 Å². The number of carbonyl (C=O) groups is 1. The van der Waals surface area contributed by atoms with Crippen LogP contribution in [-0.4, -0.2) is 51.9 Å². The van der Waals surface area contributed by atoms with E-state index < -0.39 is 16.0 Å². The predicted octanol–water partition coefficient (Wildman–Crippen LogP) is 1.08. The number of fused-ring (bicyclic) bond motifs is 1. The van der Waals surface area contributed by atoms with E-state index in [-0.39, 0.29) is 17.9 Å². The third kappa shape index (κ3) is 3.20. The predicted molar refractivity (Wildman–Crippen MR) is 82.4 cm³/mol. The molecule has 1 aliphatic heterocycles. The van der Waals surface area contributed by atoms with Crippen LogP contribution < -0.4 is 0 Å². The standard InChI is InChI=1S/C14H18N4O4S/c19-14(20)6-9-18-13-5-4-11(10-12(13)15-16-18)23(21,22)17-7-2-1-3-8-17/h4-5,10H,1-3,6-9H2,(H,19,20). The van der Waals surface area contributed by atoms with E-state index >= 15 is 0 Å². The van der Waals surface area contributed by atoms with Gasteiger partial charge in [0, 0.05) is 13.1 Å². The van der Waals surface area contributed by atoms with Crippen LogP contribution in [0.1, 0.15) is 25.7 Å². The second kappa shape index (κ2) is 6.25. The van der Waals surface area contributed by atoms with Crippen molar-refractivity contribution in [1.29, 1.82) is 0 Å². The first-order valence-electron chi connectivity index (χ1n) is 7.54. The summed E-state index contributed by atoms with van der Waals surface area (Å²) in [6.45, 7) is 1.29. The fourth-order valence-corrected chi connectivity index (χ4v) is 4.27. The third-order valence-corrected chi connectivity index (χ3v) is 5.87. The Labute approximate surface area is 133 Å². The van der Waals surface area contributed by atoms with Crippen molar-refractivity contribution in [2.75, 3.05) is 13.1 Å². The summed E-state index contributed by atoms with van der Waals surface area (Å²) in [6.07, 6.45) is 2.76. The summed E-state index contributed by atoms with van der Waals surface area (Å²) in [5.41, 5.74) is 1.08. The highest BCUT2D eigenvalue weighted by molar-refractivity contribution is 7.89. The van der Waals surface area contributed by atoms with Gasteiger partial charge < -0.3 is 5.11 Å². The number of carboxylic acid groups (broad SMARTS) is 1. The van der Waals surface area contributed by atoms with Crippen molar-refractivity contribution < 1.29 is 18.3 Å². The average molecular weight is 338 g/mol. The van der Waals surface area contributed by atoms with Gasteiger partial charge in [0.1, 0.15) is 5.52 Å². The van der Waals surface area contributed by atoms with Gasteiger partial charge in [0.05, 0.1) is 23.4 Å². The van der Waals surface area contributed by atoms with Crippen molar-refractivity contribution in [3.8, 4) is 0 Å². The van der Waals surface area contributed by atoms with E-state index in [1.807, 2.05) is 0 Å². The maximum absolute atomic E-state index is 12.6. The van der Waals surface area contributed by atoms with Gasteiger partial charge >= 0.3 is 5.97 Å². The van der Waals surface area contributed by atoms with Gasteiger partial charge in [0.25, 0.3) is 0 Å². The van der Waals surface area contributed by atoms with Crippen LogP contribution in [0.4, 0.5) is 0 Å². The normalized spacial score (nSPS) is 16.7. The van der Waals surface area contributed by atoms with Crippen LogP contribution in [0.2, 0.25) is 0 Å². The van der Waals surface area contributed by atoms with Crippen LogP contribution in [0.25, 0.3) is 11.0 Å². The zero-order chi connectivity index (χ0) is 16.4. The minimum Gasteiger partial charge on any atom is -0.481 e. The second-order valence-electron chi connectivity index (χ2n) is 5.57. The number of aliphatic carboxylic acids is 1. The molecule has 1 aromatic carbocycles. The lowest BCUT2D eigenvalue weighted by atomic mass is 10.2. The fourth-order valence-electron chi connectivity index (χ4n) is 2.73. The van der Waals surface area contributed by atoms with Gasteiger partial charge in [-0.3, -0.25) is 4.79 Å². The van der Waals surface area contributed by atoms with Gasteiger partial charge in [-0.2, -0.15) is 4.31 Å². The lowest BCUT2D eigenvalue weighted by molar-refractivity contribution is -0.137. The van der Waals surface area contributed by atoms with Crippen LogP contribution in [0, 0.1) is 0 Å². The Morgan fingerprint density at radius 3 is 2.65 bits per heavy atom. The first kappa shape index (κ1) is 15.9. The molecule has 0 aliphatic carbocycles. The molecule has 3 rings (SSSR count). The smallest absolute Gasteiger partial charge is 0.305 e. The summed E-state index contributed by atoms with van der Waals surface area (Å²) >= 11 is 0. The summed E-state index contributed by atoms with van der Waals surface area (Å²) in [5, 5.41) is 16.6. The summed E-state index contributed by atoms with van der Waals surface area (Å²) in [6, 6.07) is 4.67. The molecule has 2 aromatic rings. The molecule has 0 atom stereocenters. The number of benzene rings is 1. The third-order valence-electron chi connectivity index (χ3n) is 3.98. The van der Waals surface area contributed by atoms with Gasteiger partial charge in [-0.15, -0.1) is 5.10 Å². The molecular formula is C14H18N4O4S. The minimum absolute atomic E-state index is 0.0632. The number of nitrogens with zero attached hydrogens (tertiary/aromatic N) is 4. The maximum atomic E-state index is 12.6. The van der Waals surface area contributed by atoms with Gasteiger partial charge in [0.15, 0.2) is 0 Å². The zero-order valence-electron chi connectivity index (χ0n) is 12.6. The second-order valence-corrected chi connectivity index (χ2v) is 7.51. The molecule has 0 radical (unpaired) electrons. The first-order valence-corrected chi connectivity index (χ1v) is 8.98. The Morgan fingerprint density at radius 1 is 1.22 bits per heavy atom. The Hall–Kier alpha value is -2.00. The van der Waals surface area contributed by atoms with Gasteiger partial charge in [-0.1, -0.05) is 11.6 Å². The molecule has 1 fully saturated rings. The number of hydrogen-bond acceptors (Lipinski definition) is 5. The van der Waals surface area contributed by atoms with E-state index in [0.717, 1.165) is 19.3 Å². The number of aryl methyl sites for hydroxylation is 1. The highest BCUT2D eigenvalue weighted by atomic mass is 32.2. The summed E-state index contributed by atoms with van der Waals surface area (Å²) in [7, 11) is -3.51. The quantitative estimate of drug-likeness (QED) is 0.874. The number of sulfonamides is 1. The average Bonchev–Trinajstić information content (AvgIpc) is 2.96. The van der Waals surface area contributed by atoms with Crippen molar-refractivity contribution in [2.45, 2.75) is 37.1 Å². The zero-order valence-corrected chi connectivity index (χ0v) is 13.4. The van der Waals surface area contributed by atoms with E-state index in [1.165, 1.54) is 21.1 Å². The molecule has 9 heteroatoms. The van der Waals surface area contributed by atoms with E-state index in [2.05, 4.69) is 10.3 Å². The number of hydrogen-bond donors (Lipinski definition) is 1. The molecule has 1 aliphatic rings. The number of rotatable bonds is 5. The van der Waals surface area contributed by atoms with Crippen molar-refractivity contribution >= 4 is 27.0 Å². The van der Waals surface area contributed by atoms with E-state index in [9.17, 15) is 13.2 Å². The number of carboxylic acids is 1. The van der Waals surface area contributed by atoms with Crippen molar-refractivity contribution in [3.05, 3.63) is 18.2 Å². The van der Waals surface area contributed by atoms with Crippen molar-refractivity contribution in [3.63, 3.8) is 0 Å². The SMILES string of the molecule is O=C(O)CCn1nnc2cc(S(=O)(=O)N3CCCCC3)ccc21. The molecule has 23 heavy (non-hydrogen) atoms. The Bertz CT molecular complexity index is 824. The van der Waals surface area contributed by atoms with Crippen molar-refractivity contribution in [1.82, 2.24) is 19.3 Å². The molecular weight excluding hydrogens is 320 g/mol. The first-order chi connectivity index (χ1) is 11.0. The summed E-state index contributed by atoms with van der Waals surface area (Å²) in [5.74, 6) is -0.919. The minimum atomic E-state index is -3.51. The number of piperidine rings is 1. The topological polar surface area (TPSA) is 105 Å². The molecule has 8 nitrogen and oxygen atoms in total. The maximum Gasteiger partial charge on any atom is 0.305 e. The Morgan fingerprint density at radius 2 is 1.96 bits per heavy atom. The molecule has 0 saturated carbocycles. The van der Waals surface area contributed by atoms with Gasteiger partial charge in [0.2, 0.25) is 10.0 Å². The Balaban J connectivity index is 1.89. The lowest BCUT2D eigenvalue weighted by Gasteiger charge is -2.25. The molecule has 0 amide bonds. The van der Waals surface area contributed by atoms with Crippen LogP contribution in [0.3, 0.4) is 0 Å². The molecule has 0 spiro atoms. The van der Waals surface area contributed by atoms with E-state index in [1.54, 1.807) is 6.07 Å². The van der Waals surface area contributed by atoms with Gasteiger partial charge in [-0.05, 0) is 31.0 Å². The van der Waals surface area contributed by atoms with E-state index in [0.29, 0.717) is 24.1 Å². The Kier molecular flexibility index (Phi) is 4.31. The van der Waals surface area contributed by atoms with Crippen LogP contribution >= 0.6 is 0 Å². The molecule has 0 bridgehead atoms. The molecule has 0 unspecified atom stereocenters. The molecule has 1 saturated heterocycles. The highest BCUT2D eigenvalue weighted by Crippen LogP contribution is 2.23. The number of aromatic nitrogens is 3. The van der Waals surface area contributed by atoms with E-state index in [4.69, 9.17) is 5.11 Å². The lowest BCUT2D eigenvalue weighted by Crippen LogP contribution is -2.35. The molecule has 2 heterocycles. The summed E-state index contributed by atoms with van der Waals surface area (Å²) in [4.78, 5) is 10.9. The van der Waals surface area contributed by atoms with Crippen LogP contribution in [0.15, 0.2) is 23.1 Å². The van der Waals surface area contributed by atoms with Crippen molar-refractivity contribution in [2.24, 2.45) is 0 Å².